The highest BCUT2D eigenvalue weighted by Gasteiger charge is 2.88. The highest BCUT2D eigenvalue weighted by atomic mass is 19.4. The van der Waals surface area contributed by atoms with Crippen molar-refractivity contribution in [3.63, 3.8) is 0 Å². The Kier molecular flexibility index (Phi) is 5.15. The summed E-state index contributed by atoms with van der Waals surface area (Å²) in [7, 11) is 0. The van der Waals surface area contributed by atoms with Crippen LogP contribution in [-0.2, 0) is 4.74 Å². The lowest BCUT2D eigenvalue weighted by atomic mass is 10.0. The number of halogens is 11. The predicted octanol–water partition coefficient (Wildman–Crippen LogP) is 4.61. The molecule has 0 aliphatic rings. The maximum absolute atomic E-state index is 13.2. The molecule has 0 heterocycles. The van der Waals surface area contributed by atoms with Gasteiger partial charge in [-0.05, 0) is 24.3 Å². The van der Waals surface area contributed by atoms with Crippen molar-refractivity contribution in [2.45, 2.75) is 30.1 Å². The molecule has 0 saturated carbocycles. The minimum atomic E-state index is -7.67. The second kappa shape index (κ2) is 6.16. The van der Waals surface area contributed by atoms with Gasteiger partial charge in [0.2, 0.25) is 0 Å². The SMILES string of the molecule is O=C(OC(F)(F)C(F)(F)C(F)(F)C(F)(F)C(F)(F)F)c1ccc(O)cc1. The largest absolute Gasteiger partial charge is 0.508 e. The highest BCUT2D eigenvalue weighted by molar-refractivity contribution is 5.89. The number of carbonyl (C=O) groups is 1. The van der Waals surface area contributed by atoms with Crippen LogP contribution >= 0.6 is 0 Å². The van der Waals surface area contributed by atoms with Gasteiger partial charge in [0.15, 0.2) is 0 Å². The van der Waals surface area contributed by atoms with Crippen molar-refractivity contribution >= 4 is 5.97 Å². The average Bonchev–Trinajstić information content (AvgIpc) is 2.45. The Hall–Kier alpha value is -2.28. The number of carbonyl (C=O) groups excluding carboxylic acids is 1. The van der Waals surface area contributed by atoms with E-state index in [0.29, 0.717) is 24.3 Å². The zero-order chi connectivity index (χ0) is 20.8. The number of rotatable bonds is 5. The van der Waals surface area contributed by atoms with Gasteiger partial charge in [-0.25, -0.2) is 4.79 Å². The van der Waals surface area contributed by atoms with Crippen molar-refractivity contribution < 1.29 is 62.9 Å². The summed E-state index contributed by atoms with van der Waals surface area (Å²) in [5, 5.41) is 8.86. The first-order valence-electron chi connectivity index (χ1n) is 5.99. The summed E-state index contributed by atoms with van der Waals surface area (Å²) in [6.45, 7) is 0. The van der Waals surface area contributed by atoms with E-state index in [4.69, 9.17) is 5.11 Å². The van der Waals surface area contributed by atoms with Gasteiger partial charge in [-0.2, -0.15) is 48.3 Å². The molecular formula is C12H5F11O3. The molecule has 1 rings (SSSR count). The molecule has 0 atom stereocenters. The molecule has 1 aromatic rings. The molecule has 1 N–H and O–H groups in total. The Bertz CT molecular complexity index is 664. The standard InChI is InChI=1S/C12H5F11O3/c13-8(14,9(15,16)11(19,20)21)10(17,18)12(22,23)26-7(25)5-1-3-6(24)4-2-5/h1-4,24H. The van der Waals surface area contributed by atoms with Crippen LogP contribution in [0.25, 0.3) is 0 Å². The highest BCUT2D eigenvalue weighted by Crippen LogP contribution is 2.57. The Labute approximate surface area is 136 Å². The third kappa shape index (κ3) is 3.35. The number of hydrogen-bond donors (Lipinski definition) is 1. The zero-order valence-corrected chi connectivity index (χ0v) is 11.7. The van der Waals surface area contributed by atoms with Gasteiger partial charge in [-0.3, -0.25) is 0 Å². The molecule has 0 aromatic heterocycles. The van der Waals surface area contributed by atoms with Gasteiger partial charge in [0, 0.05) is 0 Å². The van der Waals surface area contributed by atoms with Gasteiger partial charge in [-0.15, -0.1) is 0 Å². The Morgan fingerprint density at radius 3 is 1.54 bits per heavy atom. The number of benzene rings is 1. The molecule has 0 unspecified atom stereocenters. The molecule has 0 bridgehead atoms. The van der Waals surface area contributed by atoms with Crippen LogP contribution in [0.2, 0.25) is 0 Å². The molecule has 26 heavy (non-hydrogen) atoms. The third-order valence-corrected chi connectivity index (χ3v) is 2.83. The summed E-state index contributed by atoms with van der Waals surface area (Å²) in [5.41, 5.74) is -1.02. The normalized spacial score (nSPS) is 14.3. The quantitative estimate of drug-likeness (QED) is 0.574. The van der Waals surface area contributed by atoms with Gasteiger partial charge in [0.25, 0.3) is 0 Å². The first kappa shape index (κ1) is 21.8. The fourth-order valence-corrected chi connectivity index (χ4v) is 1.39. The van der Waals surface area contributed by atoms with E-state index in [-0.39, 0.29) is 0 Å². The van der Waals surface area contributed by atoms with E-state index in [1.54, 1.807) is 0 Å². The monoisotopic (exact) mass is 406 g/mol. The summed E-state index contributed by atoms with van der Waals surface area (Å²) >= 11 is 0. The molecular weight excluding hydrogens is 401 g/mol. The van der Waals surface area contributed by atoms with E-state index in [1.807, 2.05) is 0 Å². The second-order valence-electron chi connectivity index (χ2n) is 4.67. The lowest BCUT2D eigenvalue weighted by Gasteiger charge is -2.36. The van der Waals surface area contributed by atoms with E-state index < -0.39 is 47.3 Å². The van der Waals surface area contributed by atoms with Crippen molar-refractivity contribution in [3.05, 3.63) is 29.8 Å². The van der Waals surface area contributed by atoms with Crippen LogP contribution in [0.4, 0.5) is 48.3 Å². The molecule has 0 radical (unpaired) electrons. The summed E-state index contributed by atoms with van der Waals surface area (Å²) in [6.07, 6.45) is -14.1. The number of phenols is 1. The van der Waals surface area contributed by atoms with E-state index >= 15 is 0 Å². The van der Waals surface area contributed by atoms with E-state index in [2.05, 4.69) is 4.74 Å². The van der Waals surface area contributed by atoms with Crippen molar-refractivity contribution in [3.8, 4) is 5.75 Å². The molecule has 0 aliphatic heterocycles. The molecule has 0 spiro atoms. The molecule has 1 aromatic carbocycles. The topological polar surface area (TPSA) is 46.5 Å². The van der Waals surface area contributed by atoms with Gasteiger partial charge < -0.3 is 9.84 Å². The number of alkyl halides is 11. The number of esters is 1. The summed E-state index contributed by atoms with van der Waals surface area (Å²) < 4.78 is 142. The first-order chi connectivity index (χ1) is 11.4. The maximum atomic E-state index is 13.2. The van der Waals surface area contributed by atoms with Crippen molar-refractivity contribution in [2.24, 2.45) is 0 Å². The minimum Gasteiger partial charge on any atom is -0.508 e. The lowest BCUT2D eigenvalue weighted by molar-refractivity contribution is -0.448. The van der Waals surface area contributed by atoms with Crippen LogP contribution in [0.5, 0.6) is 5.75 Å². The Morgan fingerprint density at radius 2 is 1.15 bits per heavy atom. The van der Waals surface area contributed by atoms with Gasteiger partial charge in [0.1, 0.15) is 5.75 Å². The molecule has 148 valence electrons. The fraction of sp³-hybridized carbons (Fsp3) is 0.417. The van der Waals surface area contributed by atoms with Crippen LogP contribution in [0.1, 0.15) is 10.4 Å². The maximum Gasteiger partial charge on any atom is 0.473 e. The third-order valence-electron chi connectivity index (χ3n) is 2.83. The van der Waals surface area contributed by atoms with Gasteiger partial charge in [-0.1, -0.05) is 0 Å². The molecule has 0 fully saturated rings. The summed E-state index contributed by atoms with van der Waals surface area (Å²) in [5.74, 6) is -25.7. The molecule has 0 saturated heterocycles. The van der Waals surface area contributed by atoms with Crippen LogP contribution < -0.4 is 0 Å². The zero-order valence-electron chi connectivity index (χ0n) is 11.7. The van der Waals surface area contributed by atoms with Crippen molar-refractivity contribution in [2.75, 3.05) is 0 Å². The van der Waals surface area contributed by atoms with Crippen LogP contribution in [-0.4, -0.2) is 41.1 Å². The number of hydrogen-bond acceptors (Lipinski definition) is 3. The molecule has 0 aliphatic carbocycles. The van der Waals surface area contributed by atoms with E-state index in [9.17, 15) is 53.1 Å². The Balaban J connectivity index is 3.23. The second-order valence-corrected chi connectivity index (χ2v) is 4.67. The van der Waals surface area contributed by atoms with Crippen LogP contribution in [0, 0.1) is 0 Å². The van der Waals surface area contributed by atoms with E-state index in [0.717, 1.165) is 0 Å². The van der Waals surface area contributed by atoms with Crippen LogP contribution in [0.15, 0.2) is 24.3 Å². The average molecular weight is 406 g/mol. The van der Waals surface area contributed by atoms with Crippen molar-refractivity contribution in [1.29, 1.82) is 0 Å². The smallest absolute Gasteiger partial charge is 0.473 e. The Morgan fingerprint density at radius 1 is 0.731 bits per heavy atom. The van der Waals surface area contributed by atoms with E-state index in [1.165, 1.54) is 0 Å². The molecule has 14 heteroatoms. The summed E-state index contributed by atoms with van der Waals surface area (Å²) in [4.78, 5) is 11.2. The fourth-order valence-electron chi connectivity index (χ4n) is 1.39. The number of phenolic OH excluding ortho intramolecular Hbond substituents is 1. The molecule has 0 amide bonds. The van der Waals surface area contributed by atoms with Crippen molar-refractivity contribution in [1.82, 2.24) is 0 Å². The predicted molar refractivity (Wildman–Crippen MR) is 59.4 cm³/mol. The van der Waals surface area contributed by atoms with Crippen LogP contribution in [0.3, 0.4) is 0 Å². The lowest BCUT2D eigenvalue weighted by Crippen LogP contribution is -2.67. The number of ether oxygens (including phenoxy) is 1. The minimum absolute atomic E-state index is 0.494. The van der Waals surface area contributed by atoms with Gasteiger partial charge in [0.05, 0.1) is 5.56 Å². The first-order valence-corrected chi connectivity index (χ1v) is 5.99. The summed E-state index contributed by atoms with van der Waals surface area (Å²) in [6, 6.07) is 2.29. The number of aromatic hydroxyl groups is 1. The van der Waals surface area contributed by atoms with Gasteiger partial charge >= 0.3 is 36.0 Å². The molecule has 3 nitrogen and oxygen atoms in total.